The first-order valence-electron chi connectivity index (χ1n) is 7.23. The molecule has 2 aromatic rings. The lowest BCUT2D eigenvalue weighted by molar-refractivity contribution is 0.286. The van der Waals surface area contributed by atoms with E-state index in [4.69, 9.17) is 9.47 Å². The van der Waals surface area contributed by atoms with Gasteiger partial charge in [0.05, 0.1) is 23.4 Å². The normalized spacial score (nSPS) is 10.3. The van der Waals surface area contributed by atoms with Crippen molar-refractivity contribution in [1.29, 1.82) is 5.26 Å². The quantitative estimate of drug-likeness (QED) is 0.579. The zero-order valence-electron chi connectivity index (χ0n) is 13.5. The second-order valence-electron chi connectivity index (χ2n) is 4.56. The third-order valence-corrected chi connectivity index (χ3v) is 4.24. The van der Waals surface area contributed by atoms with Crippen molar-refractivity contribution < 1.29 is 9.47 Å². The molecule has 0 amide bonds. The Morgan fingerprint density at radius 1 is 1.33 bits per heavy atom. The third kappa shape index (κ3) is 3.74. The molecule has 0 saturated heterocycles. The average molecular weight is 410 g/mol. The van der Waals surface area contributed by atoms with Gasteiger partial charge in [0.2, 0.25) is 0 Å². The molecular formula is C16H16BrN3O3S. The second kappa shape index (κ2) is 8.22. The van der Waals surface area contributed by atoms with Gasteiger partial charge >= 0.3 is 0 Å². The summed E-state index contributed by atoms with van der Waals surface area (Å²) in [6, 6.07) is 5.41. The molecule has 0 aliphatic heterocycles. The lowest BCUT2D eigenvalue weighted by Gasteiger charge is -2.15. The van der Waals surface area contributed by atoms with Crippen LogP contribution in [-0.2, 0) is 0 Å². The fraction of sp³-hybridized carbons (Fsp3) is 0.312. The Kier molecular flexibility index (Phi) is 6.29. The highest BCUT2D eigenvalue weighted by Gasteiger charge is 2.18. The van der Waals surface area contributed by atoms with Crippen molar-refractivity contribution in [2.24, 2.45) is 0 Å². The van der Waals surface area contributed by atoms with Crippen molar-refractivity contribution in [2.45, 2.75) is 19.0 Å². The van der Waals surface area contributed by atoms with Gasteiger partial charge in [-0.05, 0) is 48.2 Å². The van der Waals surface area contributed by atoms with Gasteiger partial charge in [0, 0.05) is 5.56 Å². The zero-order valence-corrected chi connectivity index (χ0v) is 15.9. The Hall–Kier alpha value is -1.98. The van der Waals surface area contributed by atoms with Crippen molar-refractivity contribution in [1.82, 2.24) is 9.97 Å². The van der Waals surface area contributed by atoms with Gasteiger partial charge in [-0.25, -0.2) is 4.98 Å². The van der Waals surface area contributed by atoms with E-state index in [1.54, 1.807) is 18.4 Å². The molecule has 2 rings (SSSR count). The van der Waals surface area contributed by atoms with Gasteiger partial charge in [-0.1, -0.05) is 11.8 Å². The molecule has 0 spiro atoms. The van der Waals surface area contributed by atoms with Crippen molar-refractivity contribution in [3.05, 3.63) is 32.5 Å². The minimum absolute atomic E-state index is 0.0358. The summed E-state index contributed by atoms with van der Waals surface area (Å²) < 4.78 is 11.9. The maximum atomic E-state index is 12.1. The molecule has 0 atom stereocenters. The molecule has 0 unspecified atom stereocenters. The number of nitrogens with zero attached hydrogens (tertiary/aromatic N) is 2. The zero-order chi connectivity index (χ0) is 17.7. The first kappa shape index (κ1) is 18.4. The molecule has 6 nitrogen and oxygen atoms in total. The van der Waals surface area contributed by atoms with E-state index in [2.05, 4.69) is 25.9 Å². The summed E-state index contributed by atoms with van der Waals surface area (Å²) in [5, 5.41) is 9.76. The van der Waals surface area contributed by atoms with Crippen LogP contribution in [0.1, 0.15) is 19.4 Å². The summed E-state index contributed by atoms with van der Waals surface area (Å²) in [6.45, 7) is 4.70. The van der Waals surface area contributed by atoms with Gasteiger partial charge in [-0.3, -0.25) is 4.79 Å². The molecule has 0 bridgehead atoms. The predicted octanol–water partition coefficient (Wildman–Crippen LogP) is 3.59. The molecule has 0 radical (unpaired) electrons. The Balaban J connectivity index is 2.71. The smallest absolute Gasteiger partial charge is 0.270 e. The highest BCUT2D eigenvalue weighted by molar-refractivity contribution is 9.10. The van der Waals surface area contributed by atoms with E-state index < -0.39 is 5.56 Å². The molecular weight excluding hydrogens is 394 g/mol. The fourth-order valence-corrected chi connectivity index (χ4v) is 3.05. The molecule has 0 aliphatic rings. The second-order valence-corrected chi connectivity index (χ2v) is 6.21. The predicted molar refractivity (Wildman–Crippen MR) is 96.8 cm³/mol. The minimum atomic E-state index is -0.463. The SMILES string of the molecule is CCOc1cc(-c2nc(SC)[nH]c(=O)c2C#N)cc(Br)c1OCC. The summed E-state index contributed by atoms with van der Waals surface area (Å²) >= 11 is 4.76. The van der Waals surface area contributed by atoms with Crippen LogP contribution in [0, 0.1) is 11.3 Å². The molecule has 0 saturated carbocycles. The Morgan fingerprint density at radius 3 is 2.62 bits per heavy atom. The molecule has 1 heterocycles. The Bertz CT molecular complexity index is 846. The lowest BCUT2D eigenvalue weighted by Crippen LogP contribution is -2.14. The summed E-state index contributed by atoms with van der Waals surface area (Å²) in [5.41, 5.74) is 0.420. The summed E-state index contributed by atoms with van der Waals surface area (Å²) in [7, 11) is 0. The van der Waals surface area contributed by atoms with Crippen LogP contribution in [0.3, 0.4) is 0 Å². The highest BCUT2D eigenvalue weighted by Crippen LogP contribution is 2.40. The monoisotopic (exact) mass is 409 g/mol. The van der Waals surface area contributed by atoms with Crippen LogP contribution < -0.4 is 15.0 Å². The van der Waals surface area contributed by atoms with Gasteiger partial charge < -0.3 is 14.5 Å². The molecule has 8 heteroatoms. The summed E-state index contributed by atoms with van der Waals surface area (Å²) in [6.07, 6.45) is 1.80. The summed E-state index contributed by atoms with van der Waals surface area (Å²) in [5.74, 6) is 1.11. The van der Waals surface area contributed by atoms with Gasteiger partial charge in [0.25, 0.3) is 5.56 Å². The molecule has 1 aromatic carbocycles. The van der Waals surface area contributed by atoms with Crippen molar-refractivity contribution >= 4 is 27.7 Å². The van der Waals surface area contributed by atoms with Crippen LogP contribution in [0.25, 0.3) is 11.3 Å². The van der Waals surface area contributed by atoms with Crippen LogP contribution in [-0.4, -0.2) is 29.4 Å². The standard InChI is InChI=1S/C16H16BrN3O3S/c1-4-22-12-7-9(6-11(17)14(12)23-5-2)13-10(8-18)15(21)20-16(19-13)24-3/h6-7H,4-5H2,1-3H3,(H,19,20,21). The van der Waals surface area contributed by atoms with E-state index in [0.717, 1.165) is 0 Å². The fourth-order valence-electron chi connectivity index (χ4n) is 2.11. The number of nitrogens with one attached hydrogen (secondary N) is 1. The van der Waals surface area contributed by atoms with E-state index >= 15 is 0 Å². The number of H-pyrrole nitrogens is 1. The van der Waals surface area contributed by atoms with Crippen LogP contribution in [0.4, 0.5) is 0 Å². The number of nitriles is 1. The largest absolute Gasteiger partial charge is 0.490 e. The first-order chi connectivity index (χ1) is 11.5. The number of aromatic amines is 1. The number of thioether (sulfide) groups is 1. The van der Waals surface area contributed by atoms with Crippen LogP contribution in [0.5, 0.6) is 11.5 Å². The Labute approximate surface area is 152 Å². The lowest BCUT2D eigenvalue weighted by atomic mass is 10.1. The van der Waals surface area contributed by atoms with Gasteiger partial charge in [0.15, 0.2) is 16.7 Å². The molecule has 0 fully saturated rings. The van der Waals surface area contributed by atoms with Crippen LogP contribution in [0.15, 0.2) is 26.6 Å². The number of hydrogen-bond acceptors (Lipinski definition) is 6. The third-order valence-electron chi connectivity index (χ3n) is 3.07. The van der Waals surface area contributed by atoms with Gasteiger partial charge in [-0.15, -0.1) is 0 Å². The number of halogens is 1. The number of ether oxygens (including phenoxy) is 2. The highest BCUT2D eigenvalue weighted by atomic mass is 79.9. The topological polar surface area (TPSA) is 88.0 Å². The van der Waals surface area contributed by atoms with Gasteiger partial charge in [-0.2, -0.15) is 5.26 Å². The van der Waals surface area contributed by atoms with E-state index in [1.165, 1.54) is 11.8 Å². The molecule has 126 valence electrons. The van der Waals surface area contributed by atoms with Crippen molar-refractivity contribution in [2.75, 3.05) is 19.5 Å². The van der Waals surface area contributed by atoms with E-state index in [1.807, 2.05) is 19.9 Å². The van der Waals surface area contributed by atoms with Crippen LogP contribution >= 0.6 is 27.7 Å². The summed E-state index contributed by atoms with van der Waals surface area (Å²) in [4.78, 5) is 19.0. The van der Waals surface area contributed by atoms with Crippen molar-refractivity contribution in [3.63, 3.8) is 0 Å². The van der Waals surface area contributed by atoms with Gasteiger partial charge in [0.1, 0.15) is 11.6 Å². The Morgan fingerprint density at radius 2 is 2.04 bits per heavy atom. The van der Waals surface area contributed by atoms with Crippen LogP contribution in [0.2, 0.25) is 0 Å². The number of benzene rings is 1. The van der Waals surface area contributed by atoms with Crippen molar-refractivity contribution in [3.8, 4) is 28.8 Å². The van der Waals surface area contributed by atoms with E-state index in [0.29, 0.717) is 45.6 Å². The molecule has 1 N–H and O–H groups in total. The average Bonchev–Trinajstić information content (AvgIpc) is 2.57. The number of hydrogen-bond donors (Lipinski definition) is 1. The number of rotatable bonds is 6. The molecule has 24 heavy (non-hydrogen) atoms. The first-order valence-corrected chi connectivity index (χ1v) is 9.25. The minimum Gasteiger partial charge on any atom is -0.490 e. The maximum absolute atomic E-state index is 12.1. The molecule has 0 aliphatic carbocycles. The molecule has 1 aromatic heterocycles. The number of aromatic nitrogens is 2. The maximum Gasteiger partial charge on any atom is 0.270 e. The van der Waals surface area contributed by atoms with E-state index in [9.17, 15) is 10.1 Å². The van der Waals surface area contributed by atoms with E-state index in [-0.39, 0.29) is 5.56 Å².